The summed E-state index contributed by atoms with van der Waals surface area (Å²) in [6.07, 6.45) is 0. The van der Waals surface area contributed by atoms with Gasteiger partial charge in [-0.1, -0.05) is 0 Å². The maximum atomic E-state index is 13.4. The minimum Gasteiger partial charge on any atom is -0.494 e. The average molecular weight is 360 g/mol. The van der Waals surface area contributed by atoms with E-state index in [9.17, 15) is 17.6 Å². The number of benzene rings is 1. The van der Waals surface area contributed by atoms with E-state index < -0.39 is 27.8 Å². The number of hydrogen-bond acceptors (Lipinski definition) is 5. The number of hydrogen-bond donors (Lipinski definition) is 1. The summed E-state index contributed by atoms with van der Waals surface area (Å²) < 4.78 is 48.7. The van der Waals surface area contributed by atoms with Gasteiger partial charge in [-0.2, -0.15) is 0 Å². The molecule has 0 unspecified atom stereocenters. The third-order valence-corrected chi connectivity index (χ3v) is 5.87. The molecule has 7 nitrogen and oxygen atoms in total. The van der Waals surface area contributed by atoms with Crippen molar-refractivity contribution < 1.29 is 27.1 Å². The van der Waals surface area contributed by atoms with Crippen molar-refractivity contribution in [2.75, 3.05) is 40.2 Å². The van der Waals surface area contributed by atoms with Crippen molar-refractivity contribution >= 4 is 15.9 Å². The van der Waals surface area contributed by atoms with E-state index in [1.165, 1.54) is 33.3 Å². The fraction of sp³-hybridized carbons (Fsp3) is 0.533. The molecule has 24 heavy (non-hydrogen) atoms. The molecule has 134 valence electrons. The molecule has 0 aliphatic carbocycles. The standard InChI is InChI=1S/C15H21FN2O5S/c1-18(2)24(20,21)9-11-7-23-8-13(11)17-15(19)10-4-5-12(16)14(6-10)22-3/h4-6,11,13H,7-9H2,1-3H3,(H,17,19)/t11-,13-/m0/s1. The fourth-order valence-corrected chi connectivity index (χ4v) is 3.56. The summed E-state index contributed by atoms with van der Waals surface area (Å²) in [4.78, 5) is 12.3. The third-order valence-electron chi connectivity index (χ3n) is 3.91. The number of methoxy groups -OCH3 is 1. The van der Waals surface area contributed by atoms with E-state index in [2.05, 4.69) is 5.32 Å². The van der Waals surface area contributed by atoms with Crippen molar-refractivity contribution in [2.24, 2.45) is 5.92 Å². The van der Waals surface area contributed by atoms with Crippen LogP contribution in [0.1, 0.15) is 10.4 Å². The van der Waals surface area contributed by atoms with Gasteiger partial charge in [0.1, 0.15) is 0 Å². The molecular formula is C15H21FN2O5S. The average Bonchev–Trinajstić information content (AvgIpc) is 2.93. The van der Waals surface area contributed by atoms with E-state index in [1.807, 2.05) is 0 Å². The molecule has 0 bridgehead atoms. The monoisotopic (exact) mass is 360 g/mol. The Balaban J connectivity index is 2.08. The zero-order valence-electron chi connectivity index (χ0n) is 13.8. The predicted octanol–water partition coefficient (Wildman–Crippen LogP) is 0.470. The number of nitrogens with one attached hydrogen (secondary N) is 1. The minimum absolute atomic E-state index is 0.0305. The van der Waals surface area contributed by atoms with E-state index in [0.29, 0.717) is 0 Å². The highest BCUT2D eigenvalue weighted by molar-refractivity contribution is 7.89. The molecule has 1 amide bonds. The highest BCUT2D eigenvalue weighted by Crippen LogP contribution is 2.20. The first kappa shape index (κ1) is 18.6. The molecule has 1 saturated heterocycles. The Kier molecular flexibility index (Phi) is 5.79. The van der Waals surface area contributed by atoms with Crippen LogP contribution in [-0.4, -0.2) is 64.8 Å². The number of ether oxygens (including phenoxy) is 2. The first-order chi connectivity index (χ1) is 11.2. The van der Waals surface area contributed by atoms with E-state index in [-0.39, 0.29) is 36.2 Å². The molecule has 2 atom stereocenters. The topological polar surface area (TPSA) is 84.9 Å². The molecule has 0 aromatic heterocycles. The number of carbonyl (C=O) groups is 1. The van der Waals surface area contributed by atoms with Gasteiger partial charge in [0.05, 0.1) is 32.1 Å². The number of carbonyl (C=O) groups excluding carboxylic acids is 1. The molecule has 1 aliphatic heterocycles. The second-order valence-electron chi connectivity index (χ2n) is 5.79. The molecule has 1 fully saturated rings. The van der Waals surface area contributed by atoms with Crippen LogP contribution in [-0.2, 0) is 14.8 Å². The lowest BCUT2D eigenvalue weighted by Gasteiger charge is -2.21. The van der Waals surface area contributed by atoms with Gasteiger partial charge in [-0.25, -0.2) is 17.1 Å². The molecule has 0 spiro atoms. The highest BCUT2D eigenvalue weighted by Gasteiger charge is 2.34. The summed E-state index contributed by atoms with van der Waals surface area (Å²) in [5.74, 6) is -1.48. The fourth-order valence-electron chi connectivity index (χ4n) is 2.39. The van der Waals surface area contributed by atoms with Crippen molar-refractivity contribution in [1.29, 1.82) is 0 Å². The van der Waals surface area contributed by atoms with Gasteiger partial charge in [-0.05, 0) is 18.2 Å². The summed E-state index contributed by atoms with van der Waals surface area (Å²) in [6, 6.07) is 3.36. The van der Waals surface area contributed by atoms with Gasteiger partial charge in [-0.15, -0.1) is 0 Å². The van der Waals surface area contributed by atoms with E-state index in [0.717, 1.165) is 10.4 Å². The van der Waals surface area contributed by atoms with E-state index in [1.54, 1.807) is 0 Å². The Morgan fingerprint density at radius 2 is 2.12 bits per heavy atom. The molecular weight excluding hydrogens is 339 g/mol. The second kappa shape index (κ2) is 7.45. The van der Waals surface area contributed by atoms with Crippen molar-refractivity contribution in [3.05, 3.63) is 29.6 Å². The molecule has 1 aromatic rings. The lowest BCUT2D eigenvalue weighted by Crippen LogP contribution is -2.43. The predicted molar refractivity (Wildman–Crippen MR) is 86.0 cm³/mol. The SMILES string of the molecule is COc1cc(C(=O)N[C@H]2COC[C@H]2CS(=O)(=O)N(C)C)ccc1F. The summed E-state index contributed by atoms with van der Waals surface area (Å²) >= 11 is 0. The maximum absolute atomic E-state index is 13.4. The van der Waals surface area contributed by atoms with Crippen LogP contribution in [0.15, 0.2) is 18.2 Å². The quantitative estimate of drug-likeness (QED) is 0.797. The Labute approximate surface area is 140 Å². The van der Waals surface area contributed by atoms with Crippen LogP contribution in [0.5, 0.6) is 5.75 Å². The molecule has 1 aliphatic rings. The third kappa shape index (κ3) is 4.22. The smallest absolute Gasteiger partial charge is 0.251 e. The summed E-state index contributed by atoms with van der Waals surface area (Å²) in [6.45, 7) is 0.489. The first-order valence-corrected chi connectivity index (χ1v) is 8.98. The van der Waals surface area contributed by atoms with Crippen LogP contribution in [0.3, 0.4) is 0 Å². The lowest BCUT2D eigenvalue weighted by molar-refractivity contribution is 0.0925. The van der Waals surface area contributed by atoms with E-state index >= 15 is 0 Å². The Morgan fingerprint density at radius 3 is 2.75 bits per heavy atom. The molecule has 2 rings (SSSR count). The van der Waals surface area contributed by atoms with Crippen molar-refractivity contribution in [2.45, 2.75) is 6.04 Å². The zero-order valence-corrected chi connectivity index (χ0v) is 14.6. The second-order valence-corrected chi connectivity index (χ2v) is 8.02. The number of rotatable bonds is 6. The molecule has 0 saturated carbocycles. The van der Waals surface area contributed by atoms with Gasteiger partial charge in [0.2, 0.25) is 10.0 Å². The summed E-state index contributed by atoms with van der Waals surface area (Å²) in [5, 5.41) is 2.75. The summed E-state index contributed by atoms with van der Waals surface area (Å²) in [5.41, 5.74) is 0.231. The van der Waals surface area contributed by atoms with Crippen LogP contribution in [0.25, 0.3) is 0 Å². The van der Waals surface area contributed by atoms with Crippen LogP contribution in [0.4, 0.5) is 4.39 Å². The molecule has 0 radical (unpaired) electrons. The Bertz CT molecular complexity index is 708. The van der Waals surface area contributed by atoms with Crippen molar-refractivity contribution in [1.82, 2.24) is 9.62 Å². The Morgan fingerprint density at radius 1 is 1.42 bits per heavy atom. The van der Waals surface area contributed by atoms with Crippen LogP contribution >= 0.6 is 0 Å². The summed E-state index contributed by atoms with van der Waals surface area (Å²) in [7, 11) is 0.837. The zero-order chi connectivity index (χ0) is 17.9. The number of nitrogens with zero attached hydrogens (tertiary/aromatic N) is 1. The Hall–Kier alpha value is -1.71. The van der Waals surface area contributed by atoms with E-state index in [4.69, 9.17) is 9.47 Å². The molecule has 9 heteroatoms. The number of amides is 1. The maximum Gasteiger partial charge on any atom is 0.251 e. The molecule has 1 N–H and O–H groups in total. The number of halogens is 1. The normalized spacial score (nSPS) is 21.0. The van der Waals surface area contributed by atoms with Gasteiger partial charge in [0.25, 0.3) is 5.91 Å². The molecule has 1 heterocycles. The van der Waals surface area contributed by atoms with Gasteiger partial charge in [0, 0.05) is 25.6 Å². The van der Waals surface area contributed by atoms with Crippen LogP contribution in [0, 0.1) is 11.7 Å². The van der Waals surface area contributed by atoms with Crippen molar-refractivity contribution in [3.63, 3.8) is 0 Å². The van der Waals surface area contributed by atoms with Crippen LogP contribution in [0.2, 0.25) is 0 Å². The number of sulfonamides is 1. The van der Waals surface area contributed by atoms with Gasteiger partial charge in [0.15, 0.2) is 11.6 Å². The highest BCUT2D eigenvalue weighted by atomic mass is 32.2. The largest absolute Gasteiger partial charge is 0.494 e. The first-order valence-electron chi connectivity index (χ1n) is 7.37. The van der Waals surface area contributed by atoms with Gasteiger partial charge >= 0.3 is 0 Å². The van der Waals surface area contributed by atoms with Gasteiger partial charge < -0.3 is 14.8 Å². The lowest BCUT2D eigenvalue weighted by atomic mass is 10.1. The van der Waals surface area contributed by atoms with Crippen LogP contribution < -0.4 is 10.1 Å². The van der Waals surface area contributed by atoms with Crippen molar-refractivity contribution in [3.8, 4) is 5.75 Å². The minimum atomic E-state index is -3.40. The molecule has 1 aromatic carbocycles. The van der Waals surface area contributed by atoms with Gasteiger partial charge in [-0.3, -0.25) is 4.79 Å².